The van der Waals surface area contributed by atoms with Crippen LogP contribution in [0.4, 0.5) is 11.5 Å². The van der Waals surface area contributed by atoms with Crippen molar-refractivity contribution in [3.8, 4) is 5.75 Å². The summed E-state index contributed by atoms with van der Waals surface area (Å²) in [6, 6.07) is 16.6. The van der Waals surface area contributed by atoms with Crippen LogP contribution in [0.2, 0.25) is 0 Å². The van der Waals surface area contributed by atoms with Crippen LogP contribution in [-0.2, 0) is 0 Å². The number of rotatable bonds is 11. The third-order valence-corrected chi connectivity index (χ3v) is 5.08. The summed E-state index contributed by atoms with van der Waals surface area (Å²) in [6.45, 7) is 1.14. The number of hydrogen-bond acceptors (Lipinski definition) is 7. The summed E-state index contributed by atoms with van der Waals surface area (Å²) < 4.78 is 5.27. The molecule has 1 unspecified atom stereocenters. The van der Waals surface area contributed by atoms with Crippen molar-refractivity contribution >= 4 is 23.3 Å². The molecule has 0 aliphatic rings. The van der Waals surface area contributed by atoms with Gasteiger partial charge in [-0.05, 0) is 74.0 Å². The summed E-state index contributed by atoms with van der Waals surface area (Å²) >= 11 is 0. The number of unbranched alkanes of at least 4 members (excludes halogenated alkanes) is 1. The largest absolute Gasteiger partial charge is 0.497 e. The number of pyridine rings is 1. The number of nitrogens with zero attached hydrogens (tertiary/aromatic N) is 1. The van der Waals surface area contributed by atoms with Gasteiger partial charge < -0.3 is 31.5 Å². The molecule has 9 heteroatoms. The Kier molecular flexibility index (Phi) is 8.96. The van der Waals surface area contributed by atoms with Crippen LogP contribution >= 0.6 is 0 Å². The molecule has 3 rings (SSSR count). The second kappa shape index (κ2) is 12.3. The molecule has 2 amide bonds. The molecule has 0 spiro atoms. The first-order valence-corrected chi connectivity index (χ1v) is 10.9. The molecule has 0 bridgehead atoms. The molecule has 3 aromatic rings. The summed E-state index contributed by atoms with van der Waals surface area (Å²) in [5, 5.41) is 19.3. The number of aliphatic hydroxyl groups excluding tert-OH is 1. The van der Waals surface area contributed by atoms with E-state index in [2.05, 4.69) is 20.9 Å². The Bertz CT molecular complexity index is 1090. The SMILES string of the molecule is COc1ccc(NC(=O)c2ccc(C(=O)NCCCCN)cc2)c(C(O)Nc2ccccn2)c1. The molecule has 1 heterocycles. The van der Waals surface area contributed by atoms with Gasteiger partial charge >= 0.3 is 0 Å². The highest BCUT2D eigenvalue weighted by Gasteiger charge is 2.17. The van der Waals surface area contributed by atoms with Gasteiger partial charge in [-0.15, -0.1) is 0 Å². The molecule has 0 fully saturated rings. The molecule has 2 aromatic carbocycles. The number of carbonyl (C=O) groups is 2. The molecule has 0 saturated heterocycles. The smallest absolute Gasteiger partial charge is 0.255 e. The number of ether oxygens (including phenoxy) is 1. The predicted octanol–water partition coefficient (Wildman–Crippen LogP) is 2.91. The number of amides is 2. The lowest BCUT2D eigenvalue weighted by Gasteiger charge is -2.19. The molecule has 6 N–H and O–H groups in total. The molecule has 178 valence electrons. The van der Waals surface area contributed by atoms with Crippen LogP contribution in [0, 0.1) is 0 Å². The molecule has 1 atom stereocenters. The van der Waals surface area contributed by atoms with E-state index in [1.165, 1.54) is 7.11 Å². The van der Waals surface area contributed by atoms with Crippen molar-refractivity contribution in [1.82, 2.24) is 10.3 Å². The third kappa shape index (κ3) is 6.77. The predicted molar refractivity (Wildman–Crippen MR) is 131 cm³/mol. The number of nitrogens with one attached hydrogen (secondary N) is 3. The van der Waals surface area contributed by atoms with Gasteiger partial charge in [0.1, 0.15) is 11.6 Å². The van der Waals surface area contributed by atoms with Gasteiger partial charge in [-0.1, -0.05) is 6.07 Å². The van der Waals surface area contributed by atoms with Crippen LogP contribution in [0.25, 0.3) is 0 Å². The normalized spacial score (nSPS) is 11.4. The summed E-state index contributed by atoms with van der Waals surface area (Å²) in [5.74, 6) is 0.417. The second-order valence-electron chi connectivity index (χ2n) is 7.50. The van der Waals surface area contributed by atoms with Crippen LogP contribution in [-0.4, -0.2) is 42.1 Å². The average molecular weight is 464 g/mol. The zero-order valence-corrected chi connectivity index (χ0v) is 19.0. The number of carbonyl (C=O) groups excluding carboxylic acids is 2. The third-order valence-electron chi connectivity index (χ3n) is 5.08. The standard InChI is InChI=1S/C25H29N5O4/c1-34-19-11-12-21(20(16-19)25(33)30-22-6-2-4-14-27-22)29-24(32)18-9-7-17(8-10-18)23(31)28-15-5-3-13-26/h2,4,6-12,14,16,25,33H,3,5,13,15,26H2,1H3,(H,27,30)(H,28,31)(H,29,32). The van der Waals surface area contributed by atoms with Gasteiger partial charge in [-0.2, -0.15) is 0 Å². The number of anilines is 2. The monoisotopic (exact) mass is 463 g/mol. The fourth-order valence-electron chi connectivity index (χ4n) is 3.21. The van der Waals surface area contributed by atoms with E-state index in [9.17, 15) is 14.7 Å². The zero-order valence-electron chi connectivity index (χ0n) is 19.0. The van der Waals surface area contributed by atoms with E-state index < -0.39 is 6.23 Å². The Morgan fingerprint density at radius 3 is 2.41 bits per heavy atom. The maximum atomic E-state index is 12.9. The lowest BCUT2D eigenvalue weighted by atomic mass is 10.1. The van der Waals surface area contributed by atoms with E-state index in [4.69, 9.17) is 10.5 Å². The first-order chi connectivity index (χ1) is 16.5. The van der Waals surface area contributed by atoms with Gasteiger partial charge in [-0.25, -0.2) is 4.98 Å². The lowest BCUT2D eigenvalue weighted by molar-refractivity contribution is 0.0951. The Balaban J connectivity index is 1.70. The van der Waals surface area contributed by atoms with E-state index in [0.717, 1.165) is 12.8 Å². The van der Waals surface area contributed by atoms with Gasteiger partial charge in [0.25, 0.3) is 11.8 Å². The number of benzene rings is 2. The highest BCUT2D eigenvalue weighted by atomic mass is 16.5. The van der Waals surface area contributed by atoms with Crippen molar-refractivity contribution in [2.45, 2.75) is 19.1 Å². The van der Waals surface area contributed by atoms with Crippen molar-refractivity contribution in [3.63, 3.8) is 0 Å². The Labute approximate surface area is 198 Å². The lowest BCUT2D eigenvalue weighted by Crippen LogP contribution is -2.25. The van der Waals surface area contributed by atoms with Crippen molar-refractivity contribution in [2.75, 3.05) is 30.8 Å². The molecular weight excluding hydrogens is 434 g/mol. The first-order valence-electron chi connectivity index (χ1n) is 10.9. The van der Waals surface area contributed by atoms with Gasteiger partial charge in [0.2, 0.25) is 0 Å². The average Bonchev–Trinajstić information content (AvgIpc) is 2.87. The van der Waals surface area contributed by atoms with E-state index in [-0.39, 0.29) is 11.8 Å². The Morgan fingerprint density at radius 2 is 1.76 bits per heavy atom. The molecule has 0 saturated carbocycles. The topological polar surface area (TPSA) is 139 Å². The summed E-state index contributed by atoms with van der Waals surface area (Å²) in [7, 11) is 1.52. The van der Waals surface area contributed by atoms with Crippen LogP contribution in [0.3, 0.4) is 0 Å². The van der Waals surface area contributed by atoms with Gasteiger partial charge in [0.15, 0.2) is 6.23 Å². The highest BCUT2D eigenvalue weighted by molar-refractivity contribution is 6.05. The van der Waals surface area contributed by atoms with Gasteiger partial charge in [0.05, 0.1) is 7.11 Å². The van der Waals surface area contributed by atoms with Crippen LogP contribution in [0.15, 0.2) is 66.9 Å². The first kappa shape index (κ1) is 24.7. The number of aromatic nitrogens is 1. The molecule has 34 heavy (non-hydrogen) atoms. The highest BCUT2D eigenvalue weighted by Crippen LogP contribution is 2.29. The van der Waals surface area contributed by atoms with Crippen molar-refractivity contribution in [3.05, 3.63) is 83.6 Å². The number of methoxy groups -OCH3 is 1. The van der Waals surface area contributed by atoms with E-state index in [0.29, 0.717) is 47.0 Å². The van der Waals surface area contributed by atoms with E-state index in [1.54, 1.807) is 66.9 Å². The van der Waals surface area contributed by atoms with Crippen molar-refractivity contribution in [2.24, 2.45) is 5.73 Å². The summed E-state index contributed by atoms with van der Waals surface area (Å²) in [4.78, 5) is 29.2. The van der Waals surface area contributed by atoms with Gasteiger partial charge in [0, 0.05) is 35.1 Å². The zero-order chi connectivity index (χ0) is 24.3. The van der Waals surface area contributed by atoms with Crippen molar-refractivity contribution in [1.29, 1.82) is 0 Å². The fraction of sp³-hybridized carbons (Fsp3) is 0.240. The number of hydrogen-bond donors (Lipinski definition) is 5. The van der Waals surface area contributed by atoms with E-state index in [1.807, 2.05) is 0 Å². The molecule has 9 nitrogen and oxygen atoms in total. The maximum Gasteiger partial charge on any atom is 0.255 e. The number of nitrogens with two attached hydrogens (primary N) is 1. The number of aliphatic hydroxyl groups is 1. The molecule has 0 aliphatic carbocycles. The molecular formula is C25H29N5O4. The Morgan fingerprint density at radius 1 is 1.03 bits per heavy atom. The minimum absolute atomic E-state index is 0.204. The quantitative estimate of drug-likeness (QED) is 0.218. The second-order valence-corrected chi connectivity index (χ2v) is 7.50. The fourth-order valence-corrected chi connectivity index (χ4v) is 3.21. The summed E-state index contributed by atoms with van der Waals surface area (Å²) in [5.41, 5.74) is 7.10. The molecule has 1 aromatic heterocycles. The molecule has 0 radical (unpaired) electrons. The summed E-state index contributed by atoms with van der Waals surface area (Å²) in [6.07, 6.45) is 2.12. The molecule has 0 aliphatic heterocycles. The minimum atomic E-state index is -1.15. The van der Waals surface area contributed by atoms with Crippen LogP contribution in [0.1, 0.15) is 45.3 Å². The van der Waals surface area contributed by atoms with Crippen LogP contribution < -0.4 is 26.4 Å². The van der Waals surface area contributed by atoms with E-state index >= 15 is 0 Å². The van der Waals surface area contributed by atoms with Crippen LogP contribution in [0.5, 0.6) is 5.75 Å². The van der Waals surface area contributed by atoms with Crippen molar-refractivity contribution < 1.29 is 19.4 Å². The van der Waals surface area contributed by atoms with Gasteiger partial charge in [-0.3, -0.25) is 9.59 Å². The Hall–Kier alpha value is -3.95. The minimum Gasteiger partial charge on any atom is -0.497 e. The maximum absolute atomic E-state index is 12.9.